The van der Waals surface area contributed by atoms with Crippen molar-refractivity contribution in [3.05, 3.63) is 0 Å². The number of hydrogen-bond donors (Lipinski definition) is 4. The van der Waals surface area contributed by atoms with Crippen LogP contribution in [0.4, 0.5) is 4.79 Å². The molecule has 0 saturated carbocycles. The standard InChI is InChI=1S/C12H22N2O5/c1-8(16)9-2-5-14(6-3-9)12(19)13-10(4-7-15)11(17)18/h8-10,15-16H,2-7H2,1H3,(H,13,19)(H,17,18). The van der Waals surface area contributed by atoms with E-state index >= 15 is 0 Å². The summed E-state index contributed by atoms with van der Waals surface area (Å²) in [5.74, 6) is -0.960. The van der Waals surface area contributed by atoms with Crippen LogP contribution in [0.1, 0.15) is 26.2 Å². The Morgan fingerprint density at radius 3 is 2.37 bits per heavy atom. The molecule has 0 aromatic rings. The number of likely N-dealkylation sites (tertiary alicyclic amines) is 1. The van der Waals surface area contributed by atoms with Gasteiger partial charge < -0.3 is 25.5 Å². The molecule has 0 spiro atoms. The Hall–Kier alpha value is -1.34. The fourth-order valence-electron chi connectivity index (χ4n) is 2.21. The fraction of sp³-hybridized carbons (Fsp3) is 0.833. The summed E-state index contributed by atoms with van der Waals surface area (Å²) in [6, 6.07) is -1.49. The normalized spacial score (nSPS) is 19.8. The maximum atomic E-state index is 11.9. The van der Waals surface area contributed by atoms with Crippen LogP contribution in [0.25, 0.3) is 0 Å². The van der Waals surface area contributed by atoms with Crippen LogP contribution in [0.3, 0.4) is 0 Å². The molecule has 4 N–H and O–H groups in total. The number of carbonyl (C=O) groups is 2. The third-order valence-corrected chi connectivity index (χ3v) is 3.52. The Balaban J connectivity index is 2.44. The topological polar surface area (TPSA) is 110 Å². The van der Waals surface area contributed by atoms with Crippen molar-refractivity contribution in [3.63, 3.8) is 0 Å². The van der Waals surface area contributed by atoms with Crippen LogP contribution in [0.2, 0.25) is 0 Å². The number of amides is 2. The van der Waals surface area contributed by atoms with Crippen molar-refractivity contribution in [3.8, 4) is 0 Å². The predicted octanol–water partition coefficient (Wildman–Crippen LogP) is -0.376. The molecule has 0 aromatic carbocycles. The number of aliphatic carboxylic acids is 1. The molecule has 7 nitrogen and oxygen atoms in total. The summed E-state index contributed by atoms with van der Waals surface area (Å²) < 4.78 is 0. The number of piperidine rings is 1. The summed E-state index contributed by atoms with van der Waals surface area (Å²) in [6.07, 6.45) is 1.03. The second-order valence-electron chi connectivity index (χ2n) is 4.92. The molecule has 1 aliphatic heterocycles. The third-order valence-electron chi connectivity index (χ3n) is 3.52. The molecule has 2 amide bonds. The van der Waals surface area contributed by atoms with E-state index in [4.69, 9.17) is 10.2 Å². The molecule has 2 atom stereocenters. The van der Waals surface area contributed by atoms with Gasteiger partial charge in [-0.05, 0) is 25.7 Å². The molecule has 1 heterocycles. The maximum Gasteiger partial charge on any atom is 0.326 e. The summed E-state index contributed by atoms with van der Waals surface area (Å²) in [5.41, 5.74) is 0. The number of aliphatic hydroxyl groups excluding tert-OH is 2. The van der Waals surface area contributed by atoms with Crippen LogP contribution >= 0.6 is 0 Å². The highest BCUT2D eigenvalue weighted by molar-refractivity contribution is 5.82. The number of rotatable bonds is 5. The SMILES string of the molecule is CC(O)C1CCN(C(=O)NC(CCO)C(=O)O)CC1. The summed E-state index contributed by atoms with van der Waals surface area (Å²) in [6.45, 7) is 2.46. The van der Waals surface area contributed by atoms with Crippen molar-refractivity contribution >= 4 is 12.0 Å². The van der Waals surface area contributed by atoms with Gasteiger partial charge in [0.15, 0.2) is 0 Å². The number of nitrogens with one attached hydrogen (secondary N) is 1. The van der Waals surface area contributed by atoms with E-state index in [0.29, 0.717) is 25.9 Å². The second kappa shape index (κ2) is 7.30. The zero-order valence-corrected chi connectivity index (χ0v) is 11.1. The highest BCUT2D eigenvalue weighted by Gasteiger charge is 2.27. The largest absolute Gasteiger partial charge is 0.480 e. The Morgan fingerprint density at radius 1 is 1.37 bits per heavy atom. The molecule has 1 saturated heterocycles. The van der Waals surface area contributed by atoms with E-state index in [2.05, 4.69) is 5.32 Å². The lowest BCUT2D eigenvalue weighted by Gasteiger charge is -2.33. The van der Waals surface area contributed by atoms with Gasteiger partial charge in [0.1, 0.15) is 6.04 Å². The molecule has 7 heteroatoms. The average molecular weight is 274 g/mol. The molecule has 0 radical (unpaired) electrons. The van der Waals surface area contributed by atoms with Crippen LogP contribution in [0.15, 0.2) is 0 Å². The smallest absolute Gasteiger partial charge is 0.326 e. The first-order valence-corrected chi connectivity index (χ1v) is 6.53. The quantitative estimate of drug-likeness (QED) is 0.546. The van der Waals surface area contributed by atoms with Gasteiger partial charge >= 0.3 is 12.0 Å². The summed E-state index contributed by atoms with van der Waals surface area (Å²) in [4.78, 5) is 24.3. The van der Waals surface area contributed by atoms with Crippen LogP contribution in [0.5, 0.6) is 0 Å². The summed E-state index contributed by atoms with van der Waals surface area (Å²) >= 11 is 0. The molecule has 2 unspecified atom stereocenters. The summed E-state index contributed by atoms with van der Waals surface area (Å²) in [7, 11) is 0. The fourth-order valence-corrected chi connectivity index (χ4v) is 2.21. The zero-order valence-electron chi connectivity index (χ0n) is 11.1. The molecule has 19 heavy (non-hydrogen) atoms. The first kappa shape index (κ1) is 15.7. The highest BCUT2D eigenvalue weighted by Crippen LogP contribution is 2.20. The van der Waals surface area contributed by atoms with Crippen LogP contribution in [-0.2, 0) is 4.79 Å². The van der Waals surface area contributed by atoms with E-state index < -0.39 is 18.0 Å². The van der Waals surface area contributed by atoms with Crippen molar-refractivity contribution in [2.75, 3.05) is 19.7 Å². The second-order valence-corrected chi connectivity index (χ2v) is 4.92. The van der Waals surface area contributed by atoms with Gasteiger partial charge in [0, 0.05) is 26.1 Å². The highest BCUT2D eigenvalue weighted by atomic mass is 16.4. The molecule has 110 valence electrons. The maximum absolute atomic E-state index is 11.9. The lowest BCUT2D eigenvalue weighted by molar-refractivity contribution is -0.139. The average Bonchev–Trinajstić information content (AvgIpc) is 2.38. The Labute approximate surface area is 112 Å². The van der Waals surface area contributed by atoms with Gasteiger partial charge in [-0.25, -0.2) is 9.59 Å². The minimum Gasteiger partial charge on any atom is -0.480 e. The van der Waals surface area contributed by atoms with Gasteiger partial charge in [-0.15, -0.1) is 0 Å². The summed E-state index contributed by atoms with van der Waals surface area (Å²) in [5, 5.41) is 29.5. The lowest BCUT2D eigenvalue weighted by atomic mass is 9.92. The van der Waals surface area contributed by atoms with Crippen molar-refractivity contribution in [2.24, 2.45) is 5.92 Å². The molecule has 0 aliphatic carbocycles. The van der Waals surface area contributed by atoms with Crippen molar-refractivity contribution < 1.29 is 24.9 Å². The van der Waals surface area contributed by atoms with Gasteiger partial charge in [0.2, 0.25) is 0 Å². The predicted molar refractivity (Wildman–Crippen MR) is 67.6 cm³/mol. The van der Waals surface area contributed by atoms with Crippen molar-refractivity contribution in [2.45, 2.75) is 38.3 Å². The molecule has 0 bridgehead atoms. The van der Waals surface area contributed by atoms with Gasteiger partial charge in [0.05, 0.1) is 6.10 Å². The number of aliphatic hydroxyl groups is 2. The molecule has 1 rings (SSSR count). The van der Waals surface area contributed by atoms with Gasteiger partial charge in [-0.3, -0.25) is 0 Å². The van der Waals surface area contributed by atoms with Crippen LogP contribution < -0.4 is 5.32 Å². The van der Waals surface area contributed by atoms with Crippen LogP contribution in [-0.4, -0.2) is 64.1 Å². The van der Waals surface area contributed by atoms with Crippen LogP contribution in [0, 0.1) is 5.92 Å². The Kier molecular flexibility index (Phi) is 6.04. The Morgan fingerprint density at radius 2 is 1.95 bits per heavy atom. The van der Waals surface area contributed by atoms with E-state index in [1.165, 1.54) is 0 Å². The number of carboxylic acids is 1. The van der Waals surface area contributed by atoms with E-state index in [9.17, 15) is 14.7 Å². The number of urea groups is 1. The van der Waals surface area contributed by atoms with E-state index in [1.54, 1.807) is 11.8 Å². The first-order chi connectivity index (χ1) is 8.95. The molecule has 0 aromatic heterocycles. The third kappa shape index (κ3) is 4.68. The first-order valence-electron chi connectivity index (χ1n) is 6.53. The number of carbonyl (C=O) groups excluding carboxylic acids is 1. The van der Waals surface area contributed by atoms with E-state index in [0.717, 1.165) is 0 Å². The van der Waals surface area contributed by atoms with E-state index in [1.807, 2.05) is 0 Å². The number of nitrogens with zero attached hydrogens (tertiary/aromatic N) is 1. The van der Waals surface area contributed by atoms with E-state index in [-0.39, 0.29) is 25.0 Å². The van der Waals surface area contributed by atoms with Crippen molar-refractivity contribution in [1.29, 1.82) is 0 Å². The molecule has 1 aliphatic rings. The number of hydrogen-bond acceptors (Lipinski definition) is 4. The van der Waals surface area contributed by atoms with Crippen molar-refractivity contribution in [1.82, 2.24) is 10.2 Å². The minimum absolute atomic E-state index is 0.00872. The lowest BCUT2D eigenvalue weighted by Crippen LogP contribution is -2.51. The molecular weight excluding hydrogens is 252 g/mol. The minimum atomic E-state index is -1.15. The molecular formula is C12H22N2O5. The Bertz CT molecular complexity index is 313. The zero-order chi connectivity index (χ0) is 14.4. The number of carboxylic acid groups (broad SMARTS) is 1. The van der Waals surface area contributed by atoms with Gasteiger partial charge in [-0.1, -0.05) is 0 Å². The molecule has 1 fully saturated rings. The van der Waals surface area contributed by atoms with Gasteiger partial charge in [-0.2, -0.15) is 0 Å². The monoisotopic (exact) mass is 274 g/mol. The van der Waals surface area contributed by atoms with Gasteiger partial charge in [0.25, 0.3) is 0 Å².